The summed E-state index contributed by atoms with van der Waals surface area (Å²) in [6, 6.07) is 0.596. The van der Waals surface area contributed by atoms with Crippen LogP contribution in [0.15, 0.2) is 0 Å². The van der Waals surface area contributed by atoms with E-state index in [9.17, 15) is 13.2 Å². The second-order valence-electron chi connectivity index (χ2n) is 5.80. The number of sulfone groups is 1. The SMILES string of the molecule is CC1CCC(NC(=O)C(C)(C)S(C)(=O)=O)C(C)N1. The number of hydrogen-bond acceptors (Lipinski definition) is 4. The third kappa shape index (κ3) is 3.23. The molecule has 1 saturated heterocycles. The van der Waals surface area contributed by atoms with Crippen LogP contribution in [0.25, 0.3) is 0 Å². The third-order valence-electron chi connectivity index (χ3n) is 3.85. The van der Waals surface area contributed by atoms with E-state index in [1.54, 1.807) is 0 Å². The Balaban J connectivity index is 2.71. The molecule has 0 aliphatic carbocycles. The van der Waals surface area contributed by atoms with E-state index in [1.807, 2.05) is 6.92 Å². The van der Waals surface area contributed by atoms with E-state index >= 15 is 0 Å². The second kappa shape index (κ2) is 5.17. The van der Waals surface area contributed by atoms with Gasteiger partial charge in [0, 0.05) is 24.4 Å². The molecular formula is C12H24N2O3S. The number of piperidine rings is 1. The maximum absolute atomic E-state index is 12.1. The standard InChI is InChI=1S/C12H24N2O3S/c1-8-6-7-10(9(2)13-8)14-11(15)12(3,4)18(5,16)17/h8-10,13H,6-7H2,1-5H3,(H,14,15). The lowest BCUT2D eigenvalue weighted by molar-refractivity contribution is -0.124. The molecule has 3 atom stereocenters. The molecule has 0 aromatic carbocycles. The Labute approximate surface area is 110 Å². The molecule has 1 aliphatic rings. The fourth-order valence-electron chi connectivity index (χ4n) is 2.04. The van der Waals surface area contributed by atoms with Gasteiger partial charge in [0.1, 0.15) is 4.75 Å². The first-order valence-corrected chi connectivity index (χ1v) is 8.21. The Bertz CT molecular complexity index is 417. The van der Waals surface area contributed by atoms with E-state index in [1.165, 1.54) is 13.8 Å². The maximum Gasteiger partial charge on any atom is 0.241 e. The molecule has 18 heavy (non-hydrogen) atoms. The van der Waals surface area contributed by atoms with Crippen LogP contribution >= 0.6 is 0 Å². The van der Waals surface area contributed by atoms with Crippen LogP contribution in [0, 0.1) is 0 Å². The van der Waals surface area contributed by atoms with E-state index in [4.69, 9.17) is 0 Å². The van der Waals surface area contributed by atoms with Crippen molar-refractivity contribution in [2.24, 2.45) is 0 Å². The highest BCUT2D eigenvalue weighted by atomic mass is 32.2. The lowest BCUT2D eigenvalue weighted by Crippen LogP contribution is -2.59. The summed E-state index contributed by atoms with van der Waals surface area (Å²) < 4.78 is 21.8. The average molecular weight is 276 g/mol. The van der Waals surface area contributed by atoms with Crippen molar-refractivity contribution in [2.75, 3.05) is 6.26 Å². The van der Waals surface area contributed by atoms with Crippen LogP contribution in [0.5, 0.6) is 0 Å². The zero-order valence-corrected chi connectivity index (χ0v) is 12.6. The monoisotopic (exact) mass is 276 g/mol. The van der Waals surface area contributed by atoms with Crippen molar-refractivity contribution >= 4 is 15.7 Å². The fourth-order valence-corrected chi connectivity index (χ4v) is 2.43. The highest BCUT2D eigenvalue weighted by molar-refractivity contribution is 7.92. The molecule has 0 aromatic heterocycles. The van der Waals surface area contributed by atoms with E-state index in [2.05, 4.69) is 17.6 Å². The Morgan fingerprint density at radius 2 is 1.83 bits per heavy atom. The summed E-state index contributed by atoms with van der Waals surface area (Å²) in [5.74, 6) is -0.418. The molecule has 5 nitrogen and oxygen atoms in total. The predicted octanol–water partition coefficient (Wildman–Crippen LogP) is 0.455. The van der Waals surface area contributed by atoms with Gasteiger partial charge in [-0.2, -0.15) is 0 Å². The van der Waals surface area contributed by atoms with Crippen molar-refractivity contribution < 1.29 is 13.2 Å². The van der Waals surface area contributed by atoms with Crippen molar-refractivity contribution in [3.63, 3.8) is 0 Å². The molecule has 0 aromatic rings. The van der Waals surface area contributed by atoms with Gasteiger partial charge in [0.05, 0.1) is 0 Å². The highest BCUT2D eigenvalue weighted by Crippen LogP contribution is 2.18. The normalized spacial score (nSPS) is 29.9. The van der Waals surface area contributed by atoms with Gasteiger partial charge in [-0.3, -0.25) is 4.79 Å². The number of carbonyl (C=O) groups is 1. The van der Waals surface area contributed by atoms with Gasteiger partial charge >= 0.3 is 0 Å². The highest BCUT2D eigenvalue weighted by Gasteiger charge is 2.40. The number of carbonyl (C=O) groups excluding carboxylic acids is 1. The number of hydrogen-bond donors (Lipinski definition) is 2. The zero-order chi connectivity index (χ0) is 14.1. The average Bonchev–Trinajstić information content (AvgIpc) is 2.20. The lowest BCUT2D eigenvalue weighted by Gasteiger charge is -2.36. The first kappa shape index (κ1) is 15.4. The summed E-state index contributed by atoms with van der Waals surface area (Å²) in [4.78, 5) is 12.1. The van der Waals surface area contributed by atoms with Crippen molar-refractivity contribution in [2.45, 2.75) is 63.4 Å². The van der Waals surface area contributed by atoms with Gasteiger partial charge in [-0.05, 0) is 40.5 Å². The minimum atomic E-state index is -3.41. The summed E-state index contributed by atoms with van der Waals surface area (Å²) in [6.07, 6.45) is 2.95. The minimum absolute atomic E-state index is 0.00488. The van der Waals surface area contributed by atoms with Crippen LogP contribution in [-0.2, 0) is 14.6 Å². The van der Waals surface area contributed by atoms with E-state index in [-0.39, 0.29) is 12.1 Å². The van der Waals surface area contributed by atoms with Gasteiger partial charge in [0.25, 0.3) is 0 Å². The molecular weight excluding hydrogens is 252 g/mol. The van der Waals surface area contributed by atoms with Crippen LogP contribution in [-0.4, -0.2) is 43.5 Å². The van der Waals surface area contributed by atoms with Gasteiger partial charge in [0.15, 0.2) is 9.84 Å². The fraction of sp³-hybridized carbons (Fsp3) is 0.917. The van der Waals surface area contributed by atoms with Gasteiger partial charge in [-0.1, -0.05) is 0 Å². The van der Waals surface area contributed by atoms with E-state index in [0.717, 1.165) is 19.1 Å². The van der Waals surface area contributed by atoms with E-state index < -0.39 is 20.5 Å². The minimum Gasteiger partial charge on any atom is -0.350 e. The maximum atomic E-state index is 12.1. The molecule has 6 heteroatoms. The number of amides is 1. The van der Waals surface area contributed by atoms with Crippen LogP contribution < -0.4 is 10.6 Å². The Morgan fingerprint density at radius 3 is 2.28 bits per heavy atom. The van der Waals surface area contributed by atoms with Crippen molar-refractivity contribution in [1.29, 1.82) is 0 Å². The number of nitrogens with one attached hydrogen (secondary N) is 2. The molecule has 0 spiro atoms. The number of rotatable bonds is 3. The van der Waals surface area contributed by atoms with Gasteiger partial charge in [-0.25, -0.2) is 8.42 Å². The Morgan fingerprint density at radius 1 is 1.28 bits per heavy atom. The first-order valence-electron chi connectivity index (χ1n) is 6.32. The lowest BCUT2D eigenvalue weighted by atomic mass is 9.95. The summed E-state index contributed by atoms with van der Waals surface area (Å²) in [5, 5.41) is 6.22. The molecule has 3 unspecified atom stereocenters. The van der Waals surface area contributed by atoms with Crippen LogP contribution in [0.4, 0.5) is 0 Å². The smallest absolute Gasteiger partial charge is 0.241 e. The molecule has 1 fully saturated rings. The third-order valence-corrected chi connectivity index (χ3v) is 5.89. The van der Waals surface area contributed by atoms with Gasteiger partial charge < -0.3 is 10.6 Å². The Hall–Kier alpha value is -0.620. The van der Waals surface area contributed by atoms with Gasteiger partial charge in [0.2, 0.25) is 5.91 Å². The molecule has 106 valence electrons. The Kier molecular flexibility index (Phi) is 4.43. The second-order valence-corrected chi connectivity index (χ2v) is 8.36. The molecule has 2 N–H and O–H groups in total. The molecule has 1 rings (SSSR count). The molecule has 0 saturated carbocycles. The summed E-state index contributed by atoms with van der Waals surface area (Å²) in [6.45, 7) is 7.01. The van der Waals surface area contributed by atoms with Crippen LogP contribution in [0.3, 0.4) is 0 Å². The predicted molar refractivity (Wildman–Crippen MR) is 72.1 cm³/mol. The first-order chi connectivity index (χ1) is 8.05. The van der Waals surface area contributed by atoms with Crippen molar-refractivity contribution in [3.8, 4) is 0 Å². The molecule has 1 aliphatic heterocycles. The topological polar surface area (TPSA) is 75.3 Å². The summed E-state index contributed by atoms with van der Waals surface area (Å²) in [5.41, 5.74) is 0. The van der Waals surface area contributed by atoms with Crippen molar-refractivity contribution in [1.82, 2.24) is 10.6 Å². The van der Waals surface area contributed by atoms with Gasteiger partial charge in [-0.15, -0.1) is 0 Å². The zero-order valence-electron chi connectivity index (χ0n) is 11.8. The quantitative estimate of drug-likeness (QED) is 0.785. The largest absolute Gasteiger partial charge is 0.350 e. The molecule has 1 amide bonds. The van der Waals surface area contributed by atoms with E-state index in [0.29, 0.717) is 6.04 Å². The molecule has 0 radical (unpaired) electrons. The molecule has 1 heterocycles. The summed E-state index contributed by atoms with van der Waals surface area (Å²) >= 11 is 0. The van der Waals surface area contributed by atoms with Crippen LogP contribution in [0.2, 0.25) is 0 Å². The molecule has 0 bridgehead atoms. The van der Waals surface area contributed by atoms with Crippen molar-refractivity contribution in [3.05, 3.63) is 0 Å². The summed E-state index contributed by atoms with van der Waals surface area (Å²) in [7, 11) is -3.41. The van der Waals surface area contributed by atoms with Crippen LogP contribution in [0.1, 0.15) is 40.5 Å².